The van der Waals surface area contributed by atoms with Crippen LogP contribution in [0.25, 0.3) is 0 Å². The zero-order valence-electron chi connectivity index (χ0n) is 10.7. The molecule has 1 aromatic rings. The molecule has 0 saturated carbocycles. The molecule has 104 valence electrons. The van der Waals surface area contributed by atoms with E-state index in [0.717, 1.165) is 19.4 Å². The molecule has 1 aliphatic rings. The predicted octanol–water partition coefficient (Wildman–Crippen LogP) is 1.20. The summed E-state index contributed by atoms with van der Waals surface area (Å²) in [5, 5.41) is 6.13. The highest BCUT2D eigenvalue weighted by Crippen LogP contribution is 2.26. The summed E-state index contributed by atoms with van der Waals surface area (Å²) in [5.74, 6) is -0.370. The quantitative estimate of drug-likeness (QED) is 0.845. The van der Waals surface area contributed by atoms with Crippen molar-refractivity contribution < 1.29 is 9.53 Å². The lowest BCUT2D eigenvalue weighted by atomic mass is 9.98. The molecule has 1 fully saturated rings. The van der Waals surface area contributed by atoms with Crippen LogP contribution in [0.15, 0.2) is 11.0 Å². The number of carbonyl (C=O) groups excluding carboxylic acids is 1. The van der Waals surface area contributed by atoms with E-state index in [0.29, 0.717) is 18.8 Å². The Morgan fingerprint density at radius 3 is 3.21 bits per heavy atom. The molecule has 1 N–H and O–H groups in total. The van der Waals surface area contributed by atoms with Crippen LogP contribution < -0.4 is 10.5 Å². The van der Waals surface area contributed by atoms with E-state index in [1.165, 1.54) is 6.20 Å². The Morgan fingerprint density at radius 1 is 1.68 bits per heavy atom. The van der Waals surface area contributed by atoms with E-state index < -0.39 is 5.56 Å². The number of rotatable bonds is 3. The smallest absolute Gasteiger partial charge is 0.310 e. The molecule has 0 spiro atoms. The fourth-order valence-electron chi connectivity index (χ4n) is 2.24. The minimum atomic E-state index is -0.419. The van der Waals surface area contributed by atoms with Crippen molar-refractivity contribution in [2.24, 2.45) is 5.92 Å². The molecule has 0 amide bonds. The average Bonchev–Trinajstić information content (AvgIpc) is 2.42. The van der Waals surface area contributed by atoms with Crippen molar-refractivity contribution in [3.63, 3.8) is 0 Å². The Morgan fingerprint density at radius 2 is 2.47 bits per heavy atom. The summed E-state index contributed by atoms with van der Waals surface area (Å²) in [6, 6.07) is 0. The molecule has 1 aromatic heterocycles. The zero-order chi connectivity index (χ0) is 13.8. The monoisotopic (exact) mass is 285 g/mol. The molecule has 6 nitrogen and oxygen atoms in total. The number of aromatic amines is 1. The third kappa shape index (κ3) is 3.07. The molecule has 0 bridgehead atoms. The molecule has 1 saturated heterocycles. The SMILES string of the molecule is CCOC(=O)C1CCCN(c2cn[nH]c(=O)c2Cl)C1. The second-order valence-electron chi connectivity index (χ2n) is 4.44. The second kappa shape index (κ2) is 6.06. The molecule has 19 heavy (non-hydrogen) atoms. The van der Waals surface area contributed by atoms with E-state index in [2.05, 4.69) is 10.2 Å². The van der Waals surface area contributed by atoms with Crippen molar-refractivity contribution in [1.82, 2.24) is 10.2 Å². The summed E-state index contributed by atoms with van der Waals surface area (Å²) in [4.78, 5) is 25.1. The summed E-state index contributed by atoms with van der Waals surface area (Å²) >= 11 is 5.97. The Balaban J connectivity index is 2.15. The third-order valence-corrected chi connectivity index (χ3v) is 3.52. The van der Waals surface area contributed by atoms with Gasteiger partial charge in [-0.3, -0.25) is 9.59 Å². The Kier molecular flexibility index (Phi) is 4.42. The molecule has 0 aliphatic carbocycles. The number of esters is 1. The highest BCUT2D eigenvalue weighted by molar-refractivity contribution is 6.33. The van der Waals surface area contributed by atoms with Gasteiger partial charge in [-0.2, -0.15) is 5.10 Å². The van der Waals surface area contributed by atoms with E-state index in [9.17, 15) is 9.59 Å². The molecule has 1 unspecified atom stereocenters. The first-order chi connectivity index (χ1) is 9.13. The summed E-state index contributed by atoms with van der Waals surface area (Å²) < 4.78 is 5.04. The maximum Gasteiger partial charge on any atom is 0.310 e. The summed E-state index contributed by atoms with van der Waals surface area (Å²) in [7, 11) is 0. The fourth-order valence-corrected chi connectivity index (χ4v) is 2.45. The maximum atomic E-state index is 11.8. The molecule has 2 rings (SSSR count). The van der Waals surface area contributed by atoms with Crippen LogP contribution in [0.4, 0.5) is 5.69 Å². The molecule has 1 atom stereocenters. The Bertz CT molecular complexity index is 517. The van der Waals surface area contributed by atoms with Crippen LogP contribution in [0.2, 0.25) is 5.02 Å². The molecule has 0 radical (unpaired) electrons. The van der Waals surface area contributed by atoms with Gasteiger partial charge in [0.05, 0.1) is 24.4 Å². The van der Waals surface area contributed by atoms with E-state index in [-0.39, 0.29) is 16.9 Å². The van der Waals surface area contributed by atoms with Gasteiger partial charge in [0, 0.05) is 13.1 Å². The second-order valence-corrected chi connectivity index (χ2v) is 4.81. The highest BCUT2D eigenvalue weighted by atomic mass is 35.5. The Labute approximate surface area is 115 Å². The molecule has 7 heteroatoms. The van der Waals surface area contributed by atoms with Crippen molar-refractivity contribution in [2.45, 2.75) is 19.8 Å². The first kappa shape index (κ1) is 13.9. The van der Waals surface area contributed by atoms with E-state index in [4.69, 9.17) is 16.3 Å². The number of aromatic nitrogens is 2. The van der Waals surface area contributed by atoms with Crippen LogP contribution >= 0.6 is 11.6 Å². The number of hydrogen-bond acceptors (Lipinski definition) is 5. The van der Waals surface area contributed by atoms with E-state index in [1.807, 2.05) is 4.90 Å². The fraction of sp³-hybridized carbons (Fsp3) is 0.583. The standard InChI is InChI=1S/C12H16ClN3O3/c1-2-19-12(18)8-4-3-5-16(7-8)9-6-14-15-11(17)10(9)13/h6,8H,2-5,7H2,1H3,(H,15,17). The van der Waals surface area contributed by atoms with Gasteiger partial charge in [-0.25, -0.2) is 5.10 Å². The minimum absolute atomic E-state index is 0.111. The van der Waals surface area contributed by atoms with Gasteiger partial charge in [-0.15, -0.1) is 0 Å². The lowest BCUT2D eigenvalue weighted by Crippen LogP contribution is -2.40. The number of piperidine rings is 1. The number of halogens is 1. The largest absolute Gasteiger partial charge is 0.466 e. The lowest BCUT2D eigenvalue weighted by molar-refractivity contribution is -0.148. The third-order valence-electron chi connectivity index (χ3n) is 3.16. The molecule has 0 aromatic carbocycles. The highest BCUT2D eigenvalue weighted by Gasteiger charge is 2.28. The van der Waals surface area contributed by atoms with Crippen LogP contribution in [-0.2, 0) is 9.53 Å². The molecular weight excluding hydrogens is 270 g/mol. The van der Waals surface area contributed by atoms with Crippen LogP contribution in [0.3, 0.4) is 0 Å². The molecule has 1 aliphatic heterocycles. The zero-order valence-corrected chi connectivity index (χ0v) is 11.4. The maximum absolute atomic E-state index is 11.8. The van der Waals surface area contributed by atoms with Crippen molar-refractivity contribution >= 4 is 23.3 Å². The minimum Gasteiger partial charge on any atom is -0.466 e. The molecule has 2 heterocycles. The van der Waals surface area contributed by atoms with Crippen LogP contribution in [-0.4, -0.2) is 35.9 Å². The van der Waals surface area contributed by atoms with Crippen LogP contribution in [0.5, 0.6) is 0 Å². The van der Waals surface area contributed by atoms with Crippen molar-refractivity contribution in [3.8, 4) is 0 Å². The summed E-state index contributed by atoms with van der Waals surface area (Å²) in [5.41, 5.74) is 0.150. The average molecular weight is 286 g/mol. The topological polar surface area (TPSA) is 75.3 Å². The van der Waals surface area contributed by atoms with Crippen molar-refractivity contribution in [3.05, 3.63) is 21.6 Å². The van der Waals surface area contributed by atoms with Gasteiger partial charge in [0.25, 0.3) is 5.56 Å². The van der Waals surface area contributed by atoms with Gasteiger partial charge in [0.1, 0.15) is 5.02 Å². The number of H-pyrrole nitrogens is 1. The first-order valence-electron chi connectivity index (χ1n) is 6.28. The number of nitrogens with one attached hydrogen (secondary N) is 1. The normalized spacial score (nSPS) is 19.3. The van der Waals surface area contributed by atoms with Crippen molar-refractivity contribution in [2.75, 3.05) is 24.6 Å². The van der Waals surface area contributed by atoms with Gasteiger partial charge in [0.2, 0.25) is 0 Å². The van der Waals surface area contributed by atoms with Gasteiger partial charge in [0.15, 0.2) is 0 Å². The summed E-state index contributed by atoms with van der Waals surface area (Å²) in [6.07, 6.45) is 3.16. The van der Waals surface area contributed by atoms with Crippen LogP contribution in [0.1, 0.15) is 19.8 Å². The van der Waals surface area contributed by atoms with Gasteiger partial charge < -0.3 is 9.64 Å². The number of ether oxygens (including phenoxy) is 1. The van der Waals surface area contributed by atoms with E-state index >= 15 is 0 Å². The van der Waals surface area contributed by atoms with Gasteiger partial charge >= 0.3 is 5.97 Å². The summed E-state index contributed by atoms with van der Waals surface area (Å²) in [6.45, 7) is 3.42. The van der Waals surface area contributed by atoms with Gasteiger partial charge in [-0.1, -0.05) is 11.6 Å². The number of hydrogen-bond donors (Lipinski definition) is 1. The van der Waals surface area contributed by atoms with E-state index in [1.54, 1.807) is 6.92 Å². The van der Waals surface area contributed by atoms with Crippen LogP contribution in [0, 0.1) is 5.92 Å². The predicted molar refractivity (Wildman–Crippen MR) is 71.4 cm³/mol. The number of anilines is 1. The first-order valence-corrected chi connectivity index (χ1v) is 6.66. The Hall–Kier alpha value is -1.56. The lowest BCUT2D eigenvalue weighted by Gasteiger charge is -2.33. The molecular formula is C12H16ClN3O3. The van der Waals surface area contributed by atoms with Gasteiger partial charge in [-0.05, 0) is 19.8 Å². The number of carbonyl (C=O) groups is 1. The number of nitrogens with zero attached hydrogens (tertiary/aromatic N) is 2. The van der Waals surface area contributed by atoms with Crippen molar-refractivity contribution in [1.29, 1.82) is 0 Å².